The maximum absolute atomic E-state index is 13.6. The van der Waals surface area contributed by atoms with Crippen molar-refractivity contribution in [2.45, 2.75) is 32.1 Å². The van der Waals surface area contributed by atoms with Crippen LogP contribution in [0.25, 0.3) is 0 Å². The van der Waals surface area contributed by atoms with E-state index in [4.69, 9.17) is 24.7 Å². The summed E-state index contributed by atoms with van der Waals surface area (Å²) in [5, 5.41) is 2.75. The highest BCUT2D eigenvalue weighted by Gasteiger charge is 2.61. The quantitative estimate of drug-likeness (QED) is 0.405. The number of benzene rings is 1. The number of carbonyl (C=O) groups excluding carboxylic acids is 3. The highest BCUT2D eigenvalue weighted by Crippen LogP contribution is 2.53. The van der Waals surface area contributed by atoms with Crippen molar-refractivity contribution in [1.82, 2.24) is 0 Å². The molecule has 2 aliphatic rings. The number of hydrogen-bond acceptors (Lipinski definition) is 8. The first-order valence-electron chi connectivity index (χ1n) is 10.1. The summed E-state index contributed by atoms with van der Waals surface area (Å²) in [4.78, 5) is 39.9. The van der Waals surface area contributed by atoms with Crippen LogP contribution in [0.1, 0.15) is 32.3 Å². The van der Waals surface area contributed by atoms with Gasteiger partial charge in [-0.15, -0.1) is 0 Å². The summed E-state index contributed by atoms with van der Waals surface area (Å²) in [5.74, 6) is -2.54. The van der Waals surface area contributed by atoms with E-state index in [1.807, 2.05) is 6.92 Å². The van der Waals surface area contributed by atoms with Crippen LogP contribution in [0.5, 0.6) is 0 Å². The average molecular weight is 509 g/mol. The first-order valence-corrected chi connectivity index (χ1v) is 10.9. The lowest BCUT2D eigenvalue weighted by atomic mass is 9.67. The number of nitrogens with two attached hydrogens (primary N) is 1. The smallest absolute Gasteiger partial charge is 0.341 e. The number of methoxy groups -OCH3 is 1. The maximum Gasteiger partial charge on any atom is 0.341 e. The Bertz CT molecular complexity index is 972. The van der Waals surface area contributed by atoms with Gasteiger partial charge in [-0.1, -0.05) is 29.3 Å². The van der Waals surface area contributed by atoms with Crippen LogP contribution in [0.2, 0.25) is 0 Å². The fourth-order valence-corrected chi connectivity index (χ4v) is 4.19. The molecule has 1 atom stereocenters. The third kappa shape index (κ3) is 4.00. The highest BCUT2D eigenvalue weighted by atomic mass is 79.9. The third-order valence-electron chi connectivity index (χ3n) is 5.25. The second kappa shape index (κ2) is 9.74. The molecule has 1 amide bonds. The molecule has 0 saturated carbocycles. The monoisotopic (exact) mass is 508 g/mol. The van der Waals surface area contributed by atoms with E-state index in [-0.39, 0.29) is 42.6 Å². The fourth-order valence-electron chi connectivity index (χ4n) is 3.83. The zero-order valence-corrected chi connectivity index (χ0v) is 19.7. The van der Waals surface area contributed by atoms with Gasteiger partial charge in [0.1, 0.15) is 28.9 Å². The predicted octanol–water partition coefficient (Wildman–Crippen LogP) is 2.65. The lowest BCUT2D eigenvalue weighted by molar-refractivity contribution is -0.144. The summed E-state index contributed by atoms with van der Waals surface area (Å²) in [6.45, 7) is 3.68. The predicted molar refractivity (Wildman–Crippen MR) is 118 cm³/mol. The summed E-state index contributed by atoms with van der Waals surface area (Å²) in [6, 6.07) is 5.05. The molecule has 9 nitrogen and oxygen atoms in total. The van der Waals surface area contributed by atoms with E-state index < -0.39 is 23.3 Å². The molecule has 3 rings (SSSR count). The van der Waals surface area contributed by atoms with Crippen molar-refractivity contribution >= 4 is 39.5 Å². The fraction of sp³-hybridized carbons (Fsp3) is 0.409. The lowest BCUT2D eigenvalue weighted by Gasteiger charge is -2.35. The summed E-state index contributed by atoms with van der Waals surface area (Å²) >= 11 is 3.40. The molecular weight excluding hydrogens is 484 g/mol. The first-order chi connectivity index (χ1) is 15.3. The topological polar surface area (TPSA) is 126 Å². The van der Waals surface area contributed by atoms with Gasteiger partial charge in [-0.25, -0.2) is 9.59 Å². The molecule has 0 bridgehead atoms. The molecule has 2 heterocycles. The van der Waals surface area contributed by atoms with Gasteiger partial charge >= 0.3 is 11.9 Å². The van der Waals surface area contributed by atoms with E-state index in [9.17, 15) is 14.4 Å². The van der Waals surface area contributed by atoms with Crippen LogP contribution in [-0.2, 0) is 38.7 Å². The zero-order chi connectivity index (χ0) is 23.5. The van der Waals surface area contributed by atoms with Gasteiger partial charge in [0.15, 0.2) is 0 Å². The van der Waals surface area contributed by atoms with Crippen molar-refractivity contribution in [3.8, 4) is 0 Å². The van der Waals surface area contributed by atoms with Crippen LogP contribution in [0.4, 0.5) is 5.69 Å². The van der Waals surface area contributed by atoms with E-state index in [0.717, 1.165) is 6.42 Å². The van der Waals surface area contributed by atoms with E-state index in [2.05, 4.69) is 21.2 Å². The molecule has 0 aromatic heterocycles. The van der Waals surface area contributed by atoms with Crippen molar-refractivity contribution < 1.29 is 33.3 Å². The maximum atomic E-state index is 13.6. The van der Waals surface area contributed by atoms with E-state index in [1.165, 1.54) is 14.0 Å². The van der Waals surface area contributed by atoms with Crippen molar-refractivity contribution in [1.29, 1.82) is 0 Å². The van der Waals surface area contributed by atoms with Gasteiger partial charge in [0.2, 0.25) is 11.8 Å². The number of rotatable bonds is 8. The number of halogens is 1. The molecule has 0 aliphatic carbocycles. The summed E-state index contributed by atoms with van der Waals surface area (Å²) in [7, 11) is 1.47. The van der Waals surface area contributed by atoms with Crippen LogP contribution < -0.4 is 11.1 Å². The SMILES string of the molecule is CCCCOC(=O)C1=C(N)OC(C)=C(C(=O)OCCOC)C12C(=O)Nc1ccc(Br)cc12. The van der Waals surface area contributed by atoms with E-state index in [1.54, 1.807) is 18.2 Å². The van der Waals surface area contributed by atoms with Crippen LogP contribution in [0.3, 0.4) is 0 Å². The summed E-state index contributed by atoms with van der Waals surface area (Å²) < 4.78 is 21.8. The lowest BCUT2D eigenvalue weighted by Crippen LogP contribution is -2.48. The van der Waals surface area contributed by atoms with Gasteiger partial charge in [0, 0.05) is 22.8 Å². The molecule has 1 unspecified atom stereocenters. The number of anilines is 1. The Morgan fingerprint density at radius 1 is 1.16 bits per heavy atom. The zero-order valence-electron chi connectivity index (χ0n) is 18.1. The van der Waals surface area contributed by atoms with Crippen molar-refractivity contribution in [2.24, 2.45) is 5.73 Å². The van der Waals surface area contributed by atoms with E-state index in [0.29, 0.717) is 22.1 Å². The summed E-state index contributed by atoms with van der Waals surface area (Å²) in [6.07, 6.45) is 1.43. The van der Waals surface area contributed by atoms with Crippen molar-refractivity contribution in [2.75, 3.05) is 32.2 Å². The number of fused-ring (bicyclic) bond motifs is 2. The highest BCUT2D eigenvalue weighted by molar-refractivity contribution is 9.10. The number of hydrogen-bond donors (Lipinski definition) is 2. The third-order valence-corrected chi connectivity index (χ3v) is 5.74. The Morgan fingerprint density at radius 2 is 1.84 bits per heavy atom. The number of carbonyl (C=O) groups is 3. The van der Waals surface area contributed by atoms with E-state index >= 15 is 0 Å². The molecule has 1 spiro atoms. The molecule has 0 saturated heterocycles. The number of esters is 2. The Balaban J connectivity index is 2.22. The summed E-state index contributed by atoms with van der Waals surface area (Å²) in [5.41, 5.74) is 4.64. The average Bonchev–Trinajstić information content (AvgIpc) is 3.00. The molecule has 172 valence electrons. The first kappa shape index (κ1) is 23.8. The molecule has 1 aromatic rings. The number of nitrogens with one attached hydrogen (secondary N) is 1. The van der Waals surface area contributed by atoms with Gasteiger partial charge in [-0.05, 0) is 31.5 Å². The molecule has 2 aliphatic heterocycles. The van der Waals surface area contributed by atoms with Gasteiger partial charge in [0.05, 0.1) is 13.2 Å². The molecule has 0 radical (unpaired) electrons. The Kier molecular flexibility index (Phi) is 7.25. The molecule has 0 fully saturated rings. The molecule has 3 N–H and O–H groups in total. The minimum Gasteiger partial charge on any atom is -0.462 e. The number of allylic oxidation sites excluding steroid dienone is 1. The minimum absolute atomic E-state index is 0.0510. The van der Waals surface area contributed by atoms with Gasteiger partial charge in [-0.2, -0.15) is 0 Å². The number of amides is 1. The Labute approximate surface area is 194 Å². The second-order valence-electron chi connectivity index (χ2n) is 7.28. The van der Waals surface area contributed by atoms with Crippen molar-refractivity contribution in [3.05, 3.63) is 51.0 Å². The van der Waals surface area contributed by atoms with Gasteiger partial charge < -0.3 is 30.0 Å². The standard InChI is InChI=1S/C22H25BrN2O7/c1-4-5-8-30-20(27)17-18(24)32-12(2)16(19(26)31-10-9-29-3)22(17)14-11-13(23)6-7-15(14)25-21(22)28/h6-7,11H,4-5,8-10,24H2,1-3H3,(H,25,28). The van der Waals surface area contributed by atoms with Crippen molar-refractivity contribution in [3.63, 3.8) is 0 Å². The van der Waals surface area contributed by atoms with Crippen LogP contribution in [0, 0.1) is 0 Å². The number of unbranched alkanes of at least 4 members (excludes halogenated alkanes) is 1. The normalized spacial score (nSPS) is 19.6. The van der Waals surface area contributed by atoms with Crippen LogP contribution in [0.15, 0.2) is 45.5 Å². The molecule has 32 heavy (non-hydrogen) atoms. The molecule has 10 heteroatoms. The van der Waals surface area contributed by atoms with Gasteiger partial charge in [0.25, 0.3) is 0 Å². The van der Waals surface area contributed by atoms with Gasteiger partial charge in [-0.3, -0.25) is 4.79 Å². The molecule has 1 aromatic carbocycles. The largest absolute Gasteiger partial charge is 0.462 e. The molecular formula is C22H25BrN2O7. The minimum atomic E-state index is -1.89. The van der Waals surface area contributed by atoms with Crippen LogP contribution in [-0.4, -0.2) is 44.8 Å². The van der Waals surface area contributed by atoms with Crippen LogP contribution >= 0.6 is 15.9 Å². The Hall–Kier alpha value is -2.85. The Morgan fingerprint density at radius 3 is 2.53 bits per heavy atom. The second-order valence-corrected chi connectivity index (χ2v) is 8.20. The number of ether oxygens (including phenoxy) is 4.